The van der Waals surface area contributed by atoms with Crippen molar-refractivity contribution in [1.82, 2.24) is 10.2 Å². The van der Waals surface area contributed by atoms with E-state index in [1.54, 1.807) is 0 Å². The Morgan fingerprint density at radius 1 is 1.26 bits per heavy atom. The van der Waals surface area contributed by atoms with Crippen molar-refractivity contribution >= 4 is 17.9 Å². The third-order valence-corrected chi connectivity index (χ3v) is 3.38. The number of carbonyl (C=O) groups is 3. The summed E-state index contributed by atoms with van der Waals surface area (Å²) in [4.78, 5) is 34.9. The molecule has 0 radical (unpaired) electrons. The van der Waals surface area contributed by atoms with Crippen LogP contribution in [0.15, 0.2) is 0 Å². The molecule has 0 spiro atoms. The highest BCUT2D eigenvalue weighted by molar-refractivity contribution is 5.83. The van der Waals surface area contributed by atoms with Crippen LogP contribution in [-0.2, 0) is 9.59 Å². The van der Waals surface area contributed by atoms with Gasteiger partial charge in [-0.25, -0.2) is 4.79 Å². The van der Waals surface area contributed by atoms with Gasteiger partial charge in [0.1, 0.15) is 6.54 Å². The average Bonchev–Trinajstić information content (AvgIpc) is 2.53. The molecule has 7 nitrogen and oxygen atoms in total. The summed E-state index contributed by atoms with van der Waals surface area (Å²) in [7, 11) is 1.45. The smallest absolute Gasteiger partial charge is 0.317 e. The number of rotatable bonds is 4. The Hall–Kier alpha value is -1.79. The molecule has 0 bridgehead atoms. The van der Waals surface area contributed by atoms with Crippen molar-refractivity contribution in [2.24, 2.45) is 11.7 Å². The van der Waals surface area contributed by atoms with Crippen LogP contribution < -0.4 is 11.1 Å². The first kappa shape index (κ1) is 15.3. The molecule has 1 aliphatic carbocycles. The molecule has 0 saturated heterocycles. The van der Waals surface area contributed by atoms with Crippen molar-refractivity contribution in [1.29, 1.82) is 0 Å². The molecular weight excluding hydrogens is 250 g/mol. The van der Waals surface area contributed by atoms with Gasteiger partial charge in [0.25, 0.3) is 0 Å². The molecule has 0 aromatic heterocycles. The van der Waals surface area contributed by atoms with E-state index in [9.17, 15) is 19.5 Å². The molecule has 2 unspecified atom stereocenters. The number of carbonyl (C=O) groups excluding carboxylic acids is 2. The molecule has 0 aliphatic heterocycles. The Bertz CT molecular complexity index is 359. The molecule has 0 aromatic carbocycles. The molecule has 0 heterocycles. The monoisotopic (exact) mass is 271 g/mol. The number of primary amides is 1. The van der Waals surface area contributed by atoms with Gasteiger partial charge in [0.05, 0.1) is 5.92 Å². The van der Waals surface area contributed by atoms with E-state index in [1.165, 1.54) is 7.05 Å². The Kier molecular flexibility index (Phi) is 5.59. The molecule has 1 fully saturated rings. The quantitative estimate of drug-likeness (QED) is 0.631. The average molecular weight is 271 g/mol. The van der Waals surface area contributed by atoms with Gasteiger partial charge in [0.15, 0.2) is 0 Å². The Labute approximate surface area is 112 Å². The number of hydrogen-bond acceptors (Lipinski definition) is 3. The summed E-state index contributed by atoms with van der Waals surface area (Å²) in [6.07, 6.45) is 3.95. The van der Waals surface area contributed by atoms with Gasteiger partial charge in [0.2, 0.25) is 5.91 Å². The lowest BCUT2D eigenvalue weighted by molar-refractivity contribution is -0.142. The Morgan fingerprint density at radius 2 is 1.89 bits per heavy atom. The van der Waals surface area contributed by atoms with Gasteiger partial charge < -0.3 is 21.1 Å². The first-order valence-corrected chi connectivity index (χ1v) is 6.44. The number of aliphatic carboxylic acids is 1. The van der Waals surface area contributed by atoms with Gasteiger partial charge in [-0.1, -0.05) is 19.3 Å². The summed E-state index contributed by atoms with van der Waals surface area (Å²) in [5.74, 6) is -2.05. The molecule has 108 valence electrons. The summed E-state index contributed by atoms with van der Waals surface area (Å²) >= 11 is 0. The Morgan fingerprint density at radius 3 is 2.47 bits per heavy atom. The fourth-order valence-electron chi connectivity index (χ4n) is 2.35. The zero-order valence-electron chi connectivity index (χ0n) is 11.1. The molecule has 1 saturated carbocycles. The molecule has 19 heavy (non-hydrogen) atoms. The number of carboxylic acids is 1. The van der Waals surface area contributed by atoms with E-state index in [4.69, 9.17) is 5.73 Å². The first-order valence-electron chi connectivity index (χ1n) is 6.44. The van der Waals surface area contributed by atoms with Gasteiger partial charge >= 0.3 is 12.0 Å². The molecule has 0 aromatic rings. The predicted octanol–water partition coefficient (Wildman–Crippen LogP) is 0.147. The zero-order chi connectivity index (χ0) is 14.4. The molecule has 4 N–H and O–H groups in total. The summed E-state index contributed by atoms with van der Waals surface area (Å²) in [5.41, 5.74) is 5.01. The molecule has 2 atom stereocenters. The van der Waals surface area contributed by atoms with Crippen LogP contribution in [0, 0.1) is 5.92 Å². The van der Waals surface area contributed by atoms with Crippen LogP contribution in [0.25, 0.3) is 0 Å². The summed E-state index contributed by atoms with van der Waals surface area (Å²) in [6, 6.07) is -0.847. The van der Waals surface area contributed by atoms with E-state index < -0.39 is 23.8 Å². The third kappa shape index (κ3) is 4.76. The maximum atomic E-state index is 11.8. The highest BCUT2D eigenvalue weighted by Crippen LogP contribution is 2.23. The molecule has 1 aliphatic rings. The van der Waals surface area contributed by atoms with Gasteiger partial charge in [0, 0.05) is 13.1 Å². The maximum absolute atomic E-state index is 11.8. The number of nitrogens with one attached hydrogen (secondary N) is 1. The van der Waals surface area contributed by atoms with Crippen LogP contribution in [-0.4, -0.2) is 47.5 Å². The van der Waals surface area contributed by atoms with Crippen LogP contribution in [0.4, 0.5) is 4.79 Å². The summed E-state index contributed by atoms with van der Waals surface area (Å²) in [5, 5.41) is 11.9. The van der Waals surface area contributed by atoms with E-state index >= 15 is 0 Å². The van der Waals surface area contributed by atoms with Crippen LogP contribution in [0.3, 0.4) is 0 Å². The summed E-state index contributed by atoms with van der Waals surface area (Å²) < 4.78 is 0. The highest BCUT2D eigenvalue weighted by Gasteiger charge is 2.31. The molecule has 7 heteroatoms. The number of carboxylic acid groups (broad SMARTS) is 1. The number of hydrogen-bond donors (Lipinski definition) is 3. The first-order chi connectivity index (χ1) is 8.91. The topological polar surface area (TPSA) is 113 Å². The fourth-order valence-corrected chi connectivity index (χ4v) is 2.35. The number of nitrogens with two attached hydrogens (primary N) is 1. The molecular formula is C12H21N3O4. The van der Waals surface area contributed by atoms with Crippen LogP contribution >= 0.6 is 0 Å². The van der Waals surface area contributed by atoms with Gasteiger partial charge in [-0.3, -0.25) is 9.59 Å². The SMILES string of the molecule is CN(CC(N)=O)C(=O)NC1CCCCCC1C(=O)O. The lowest BCUT2D eigenvalue weighted by Gasteiger charge is -2.25. The van der Waals surface area contributed by atoms with Gasteiger partial charge in [-0.15, -0.1) is 0 Å². The normalized spacial score (nSPS) is 23.2. The lowest BCUT2D eigenvalue weighted by atomic mass is 9.95. The second-order valence-corrected chi connectivity index (χ2v) is 4.96. The van der Waals surface area contributed by atoms with Crippen molar-refractivity contribution in [3.05, 3.63) is 0 Å². The Balaban J connectivity index is 2.62. The summed E-state index contributed by atoms with van der Waals surface area (Å²) in [6.45, 7) is -0.184. The van der Waals surface area contributed by atoms with Crippen molar-refractivity contribution in [3.63, 3.8) is 0 Å². The van der Waals surface area contributed by atoms with Gasteiger partial charge in [-0.05, 0) is 12.8 Å². The fraction of sp³-hybridized carbons (Fsp3) is 0.750. The third-order valence-electron chi connectivity index (χ3n) is 3.38. The maximum Gasteiger partial charge on any atom is 0.317 e. The number of amides is 3. The van der Waals surface area contributed by atoms with Crippen LogP contribution in [0.5, 0.6) is 0 Å². The zero-order valence-corrected chi connectivity index (χ0v) is 11.1. The number of nitrogens with zero attached hydrogens (tertiary/aromatic N) is 1. The largest absolute Gasteiger partial charge is 0.481 e. The van der Waals surface area contributed by atoms with E-state index in [0.717, 1.165) is 24.2 Å². The van der Waals surface area contributed by atoms with E-state index in [1.807, 2.05) is 0 Å². The van der Waals surface area contributed by atoms with E-state index in [-0.39, 0.29) is 12.6 Å². The second-order valence-electron chi connectivity index (χ2n) is 4.96. The number of likely N-dealkylation sites (N-methyl/N-ethyl adjacent to an activating group) is 1. The van der Waals surface area contributed by atoms with Crippen molar-refractivity contribution < 1.29 is 19.5 Å². The van der Waals surface area contributed by atoms with E-state index in [0.29, 0.717) is 12.8 Å². The lowest BCUT2D eigenvalue weighted by Crippen LogP contribution is -2.49. The van der Waals surface area contributed by atoms with Gasteiger partial charge in [-0.2, -0.15) is 0 Å². The second kappa shape index (κ2) is 6.96. The van der Waals surface area contributed by atoms with E-state index in [2.05, 4.69) is 5.32 Å². The minimum absolute atomic E-state index is 0.184. The van der Waals surface area contributed by atoms with Crippen LogP contribution in [0.1, 0.15) is 32.1 Å². The number of urea groups is 1. The molecule has 3 amide bonds. The molecule has 1 rings (SSSR count). The highest BCUT2D eigenvalue weighted by atomic mass is 16.4. The van der Waals surface area contributed by atoms with Crippen molar-refractivity contribution in [2.75, 3.05) is 13.6 Å². The van der Waals surface area contributed by atoms with Crippen molar-refractivity contribution in [3.8, 4) is 0 Å². The van der Waals surface area contributed by atoms with Crippen molar-refractivity contribution in [2.45, 2.75) is 38.1 Å². The standard InChI is InChI=1S/C12H21N3O4/c1-15(7-10(13)16)12(19)14-9-6-4-2-3-5-8(9)11(17)18/h8-9H,2-7H2,1H3,(H2,13,16)(H,14,19)(H,17,18). The predicted molar refractivity (Wildman–Crippen MR) is 68.4 cm³/mol. The van der Waals surface area contributed by atoms with Crippen LogP contribution in [0.2, 0.25) is 0 Å². The minimum Gasteiger partial charge on any atom is -0.481 e. The minimum atomic E-state index is -0.884.